The molecule has 15 heavy (non-hydrogen) atoms. The van der Waals surface area contributed by atoms with E-state index in [1.54, 1.807) is 10.6 Å². The Balaban J connectivity index is 2.55. The maximum Gasteiger partial charge on any atom is 0.271 e. The minimum absolute atomic E-state index is 0.0662. The van der Waals surface area contributed by atoms with E-state index in [1.807, 2.05) is 24.5 Å². The van der Waals surface area contributed by atoms with Crippen LogP contribution in [0.5, 0.6) is 0 Å². The summed E-state index contributed by atoms with van der Waals surface area (Å²) in [4.78, 5) is 10.9. The lowest BCUT2D eigenvalue weighted by Gasteiger charge is -2.05. The van der Waals surface area contributed by atoms with Crippen molar-refractivity contribution in [1.82, 2.24) is 4.57 Å². The molecule has 0 bridgehead atoms. The van der Waals surface area contributed by atoms with Crippen LogP contribution in [-0.4, -0.2) is 9.49 Å². The first-order valence-electron chi connectivity index (χ1n) is 4.29. The predicted octanol–water partition coefficient (Wildman–Crippen LogP) is 2.67. The van der Waals surface area contributed by atoms with Crippen LogP contribution in [0.25, 0.3) is 5.69 Å². The fourth-order valence-corrected chi connectivity index (χ4v) is 1.58. The summed E-state index contributed by atoms with van der Waals surface area (Å²) in [6.07, 6.45) is 3.64. The van der Waals surface area contributed by atoms with Gasteiger partial charge in [-0.2, -0.15) is 0 Å². The number of aromatic nitrogens is 1. The largest absolute Gasteiger partial charge is 0.323 e. The summed E-state index contributed by atoms with van der Waals surface area (Å²) < 4.78 is 1.79. The lowest BCUT2D eigenvalue weighted by molar-refractivity contribution is -0.384. The molecule has 0 aliphatic heterocycles. The molecular formula is C10H8N2O2S. The number of nitrogens with zero attached hydrogens (tertiary/aromatic N) is 2. The fraction of sp³-hybridized carbons (Fsp3) is 0. The average molecular weight is 220 g/mol. The Kier molecular flexibility index (Phi) is 2.47. The summed E-state index contributed by atoms with van der Waals surface area (Å²) in [6, 6.07) is 8.27. The van der Waals surface area contributed by atoms with Gasteiger partial charge < -0.3 is 4.57 Å². The van der Waals surface area contributed by atoms with Crippen LogP contribution >= 0.6 is 12.6 Å². The Hall–Kier alpha value is -1.75. The van der Waals surface area contributed by atoms with Gasteiger partial charge in [-0.15, -0.1) is 12.6 Å². The van der Waals surface area contributed by atoms with Crippen molar-refractivity contribution in [2.45, 2.75) is 4.90 Å². The molecule has 5 heteroatoms. The second-order valence-electron chi connectivity index (χ2n) is 3.02. The number of nitro benzene ring substituents is 1. The molecule has 0 fully saturated rings. The molecule has 1 aromatic carbocycles. The van der Waals surface area contributed by atoms with Crippen LogP contribution in [0, 0.1) is 10.1 Å². The van der Waals surface area contributed by atoms with Crippen molar-refractivity contribution < 1.29 is 4.92 Å². The topological polar surface area (TPSA) is 48.1 Å². The molecule has 2 aromatic rings. The predicted molar refractivity (Wildman–Crippen MR) is 59.7 cm³/mol. The van der Waals surface area contributed by atoms with Gasteiger partial charge in [0.15, 0.2) is 0 Å². The van der Waals surface area contributed by atoms with E-state index >= 15 is 0 Å². The minimum Gasteiger partial charge on any atom is -0.323 e. The maximum atomic E-state index is 10.6. The van der Waals surface area contributed by atoms with Gasteiger partial charge in [0.25, 0.3) is 5.69 Å². The molecule has 0 amide bonds. The monoisotopic (exact) mass is 220 g/mol. The molecule has 1 aromatic heterocycles. The van der Waals surface area contributed by atoms with Crippen molar-refractivity contribution in [2.24, 2.45) is 0 Å². The van der Waals surface area contributed by atoms with Gasteiger partial charge in [-0.05, 0) is 18.2 Å². The molecule has 0 atom stereocenters. The summed E-state index contributed by atoms with van der Waals surface area (Å²) in [5.41, 5.74) is 0.772. The molecule has 0 saturated heterocycles. The standard InChI is InChI=1S/C10H8N2O2S/c13-12(14)8-3-4-10(15)9(7-8)11-5-1-2-6-11/h1-7,15H. The van der Waals surface area contributed by atoms with E-state index in [1.165, 1.54) is 12.1 Å². The number of non-ortho nitro benzene ring substituents is 1. The van der Waals surface area contributed by atoms with E-state index in [0.717, 1.165) is 0 Å². The zero-order valence-corrected chi connectivity index (χ0v) is 8.59. The van der Waals surface area contributed by atoms with Gasteiger partial charge in [-0.25, -0.2) is 0 Å². The third kappa shape index (κ3) is 1.87. The zero-order chi connectivity index (χ0) is 10.8. The first kappa shape index (κ1) is 9.79. The molecule has 4 nitrogen and oxygen atoms in total. The van der Waals surface area contributed by atoms with Crippen LogP contribution in [0.2, 0.25) is 0 Å². The number of thiol groups is 1. The van der Waals surface area contributed by atoms with Crippen LogP contribution in [0.15, 0.2) is 47.6 Å². The summed E-state index contributed by atoms with van der Waals surface area (Å²) in [5.74, 6) is 0. The number of nitro groups is 1. The fourth-order valence-electron chi connectivity index (χ4n) is 1.33. The molecule has 2 rings (SSSR count). The van der Waals surface area contributed by atoms with Crippen LogP contribution in [0.1, 0.15) is 0 Å². The van der Waals surface area contributed by atoms with E-state index < -0.39 is 4.92 Å². The Morgan fingerprint density at radius 3 is 2.53 bits per heavy atom. The first-order chi connectivity index (χ1) is 7.18. The van der Waals surface area contributed by atoms with Gasteiger partial charge in [0, 0.05) is 29.4 Å². The third-order valence-corrected chi connectivity index (χ3v) is 2.43. The molecule has 0 N–H and O–H groups in total. The van der Waals surface area contributed by atoms with Crippen molar-refractivity contribution in [2.75, 3.05) is 0 Å². The van der Waals surface area contributed by atoms with Crippen molar-refractivity contribution >= 4 is 18.3 Å². The normalized spacial score (nSPS) is 10.2. The second-order valence-corrected chi connectivity index (χ2v) is 3.50. The second kappa shape index (κ2) is 3.78. The smallest absolute Gasteiger partial charge is 0.271 e. The Labute approximate surface area is 91.7 Å². The molecule has 0 unspecified atom stereocenters. The summed E-state index contributed by atoms with van der Waals surface area (Å²) in [7, 11) is 0. The Bertz CT molecular complexity index is 494. The van der Waals surface area contributed by atoms with E-state index in [4.69, 9.17) is 0 Å². The summed E-state index contributed by atoms with van der Waals surface area (Å²) in [5, 5.41) is 10.6. The quantitative estimate of drug-likeness (QED) is 0.480. The van der Waals surface area contributed by atoms with Gasteiger partial charge >= 0.3 is 0 Å². The summed E-state index contributed by atoms with van der Waals surface area (Å²) in [6.45, 7) is 0. The SMILES string of the molecule is O=[N+]([O-])c1ccc(S)c(-n2cccc2)c1. The summed E-state index contributed by atoms with van der Waals surface area (Å²) >= 11 is 4.26. The van der Waals surface area contributed by atoms with E-state index in [9.17, 15) is 10.1 Å². The average Bonchev–Trinajstić information content (AvgIpc) is 2.71. The molecule has 0 spiro atoms. The number of benzene rings is 1. The number of hydrogen-bond acceptors (Lipinski definition) is 3. The maximum absolute atomic E-state index is 10.6. The van der Waals surface area contributed by atoms with Crippen LogP contribution < -0.4 is 0 Å². The molecule has 0 aliphatic rings. The van der Waals surface area contributed by atoms with Crippen LogP contribution in [0.4, 0.5) is 5.69 Å². The molecular weight excluding hydrogens is 212 g/mol. The van der Waals surface area contributed by atoms with Crippen LogP contribution in [0.3, 0.4) is 0 Å². The van der Waals surface area contributed by atoms with Gasteiger partial charge in [0.2, 0.25) is 0 Å². The van der Waals surface area contributed by atoms with Gasteiger partial charge in [0.1, 0.15) is 0 Å². The Morgan fingerprint density at radius 1 is 1.27 bits per heavy atom. The van der Waals surface area contributed by atoms with Gasteiger partial charge in [-0.3, -0.25) is 10.1 Å². The van der Waals surface area contributed by atoms with Gasteiger partial charge in [0.05, 0.1) is 10.6 Å². The van der Waals surface area contributed by atoms with E-state index in [0.29, 0.717) is 10.6 Å². The van der Waals surface area contributed by atoms with E-state index in [2.05, 4.69) is 12.6 Å². The Morgan fingerprint density at radius 2 is 1.93 bits per heavy atom. The highest BCUT2D eigenvalue weighted by atomic mass is 32.1. The molecule has 76 valence electrons. The highest BCUT2D eigenvalue weighted by Crippen LogP contribution is 2.24. The third-order valence-electron chi connectivity index (χ3n) is 2.05. The van der Waals surface area contributed by atoms with E-state index in [-0.39, 0.29) is 5.69 Å². The highest BCUT2D eigenvalue weighted by Gasteiger charge is 2.09. The van der Waals surface area contributed by atoms with Gasteiger partial charge in [-0.1, -0.05) is 0 Å². The van der Waals surface area contributed by atoms with Crippen molar-refractivity contribution in [1.29, 1.82) is 0 Å². The number of rotatable bonds is 2. The lowest BCUT2D eigenvalue weighted by atomic mass is 10.3. The molecule has 0 saturated carbocycles. The highest BCUT2D eigenvalue weighted by molar-refractivity contribution is 7.80. The van der Waals surface area contributed by atoms with Crippen LogP contribution in [-0.2, 0) is 0 Å². The van der Waals surface area contributed by atoms with Crippen molar-refractivity contribution in [3.05, 3.63) is 52.8 Å². The molecule has 0 aliphatic carbocycles. The van der Waals surface area contributed by atoms with Crippen molar-refractivity contribution in [3.8, 4) is 5.69 Å². The molecule has 0 radical (unpaired) electrons. The number of hydrogen-bond donors (Lipinski definition) is 1. The zero-order valence-electron chi connectivity index (χ0n) is 7.70. The molecule has 1 heterocycles. The lowest BCUT2D eigenvalue weighted by Crippen LogP contribution is -1.94. The van der Waals surface area contributed by atoms with Crippen molar-refractivity contribution in [3.63, 3.8) is 0 Å². The minimum atomic E-state index is -0.416. The first-order valence-corrected chi connectivity index (χ1v) is 4.74.